The normalized spacial score (nSPS) is 49.3. The molecule has 5 atom stereocenters. The number of rotatable bonds is 1. The number of aliphatic hydroxyl groups is 2. The number of esters is 1. The standard InChI is InChI=1S/C20H24O4/c1-5-17(2)9-10-20(23)12(11-17)13(21)14-15-18(3,16(22)24-14)7-6-8-19(15,20)4/h5-6,8,11,13,21,23H,1,7,9-10H2,2-4H3/t13-,17+,18-,19+,20-/m1/s1. The molecule has 0 radical (unpaired) electrons. The van der Waals surface area contributed by atoms with Crippen molar-refractivity contribution in [3.05, 3.63) is 47.8 Å². The largest absolute Gasteiger partial charge is 0.427 e. The van der Waals surface area contributed by atoms with Gasteiger partial charge >= 0.3 is 5.97 Å². The molecule has 2 N–H and O–H groups in total. The van der Waals surface area contributed by atoms with Crippen molar-refractivity contribution in [1.82, 2.24) is 0 Å². The number of aliphatic hydroxyl groups excluding tert-OH is 1. The quantitative estimate of drug-likeness (QED) is 0.574. The monoisotopic (exact) mass is 328 g/mol. The van der Waals surface area contributed by atoms with Crippen molar-refractivity contribution in [3.63, 3.8) is 0 Å². The number of fused-ring (bicyclic) bond motifs is 2. The van der Waals surface area contributed by atoms with Crippen molar-refractivity contribution in [2.75, 3.05) is 0 Å². The number of hydrogen-bond donors (Lipinski definition) is 2. The molecular weight excluding hydrogens is 304 g/mol. The van der Waals surface area contributed by atoms with E-state index < -0.39 is 22.5 Å². The summed E-state index contributed by atoms with van der Waals surface area (Å²) in [5.41, 5.74) is -1.80. The van der Waals surface area contributed by atoms with E-state index in [0.717, 1.165) is 12.0 Å². The van der Waals surface area contributed by atoms with Crippen molar-refractivity contribution >= 4 is 5.97 Å². The summed E-state index contributed by atoms with van der Waals surface area (Å²) >= 11 is 0. The van der Waals surface area contributed by atoms with Gasteiger partial charge in [0.05, 0.1) is 5.41 Å². The van der Waals surface area contributed by atoms with Crippen LogP contribution in [0.3, 0.4) is 0 Å². The lowest BCUT2D eigenvalue weighted by molar-refractivity contribution is -0.145. The second-order valence-electron chi connectivity index (χ2n) is 8.34. The van der Waals surface area contributed by atoms with Crippen LogP contribution in [0.1, 0.15) is 40.0 Å². The summed E-state index contributed by atoms with van der Waals surface area (Å²) in [5, 5.41) is 22.6. The maximum Gasteiger partial charge on any atom is 0.321 e. The molecular formula is C20H24O4. The number of allylic oxidation sites excluding steroid dienone is 3. The van der Waals surface area contributed by atoms with Gasteiger partial charge in [0.2, 0.25) is 0 Å². The summed E-state index contributed by atoms with van der Waals surface area (Å²) in [6.45, 7) is 9.73. The van der Waals surface area contributed by atoms with Crippen molar-refractivity contribution in [3.8, 4) is 0 Å². The molecule has 0 fully saturated rings. The molecule has 4 heteroatoms. The number of ether oxygens (including phenoxy) is 1. The summed E-state index contributed by atoms with van der Waals surface area (Å²) in [5.74, 6) is -0.0185. The van der Waals surface area contributed by atoms with Crippen LogP contribution in [0.25, 0.3) is 0 Å². The van der Waals surface area contributed by atoms with Crippen LogP contribution >= 0.6 is 0 Å². The van der Waals surface area contributed by atoms with Crippen LogP contribution < -0.4 is 0 Å². The predicted molar refractivity (Wildman–Crippen MR) is 89.7 cm³/mol. The third-order valence-corrected chi connectivity index (χ3v) is 6.80. The summed E-state index contributed by atoms with van der Waals surface area (Å²) < 4.78 is 5.53. The van der Waals surface area contributed by atoms with Gasteiger partial charge in [0, 0.05) is 16.4 Å². The highest BCUT2D eigenvalue weighted by Gasteiger charge is 2.67. The van der Waals surface area contributed by atoms with E-state index in [4.69, 9.17) is 4.74 Å². The molecule has 1 heterocycles. The molecule has 4 rings (SSSR count). The van der Waals surface area contributed by atoms with Crippen molar-refractivity contribution in [1.29, 1.82) is 0 Å². The lowest BCUT2D eigenvalue weighted by Crippen LogP contribution is -2.59. The Morgan fingerprint density at radius 1 is 1.33 bits per heavy atom. The maximum atomic E-state index is 12.5. The average Bonchev–Trinajstić information content (AvgIpc) is 2.81. The lowest BCUT2D eigenvalue weighted by atomic mass is 9.49. The Kier molecular flexibility index (Phi) is 2.84. The van der Waals surface area contributed by atoms with Gasteiger partial charge in [-0.25, -0.2) is 0 Å². The Bertz CT molecular complexity index is 760. The minimum Gasteiger partial charge on any atom is -0.427 e. The maximum absolute atomic E-state index is 12.5. The van der Waals surface area contributed by atoms with Gasteiger partial charge in [-0.2, -0.15) is 0 Å². The van der Waals surface area contributed by atoms with Gasteiger partial charge in [0.1, 0.15) is 17.5 Å². The van der Waals surface area contributed by atoms with Gasteiger partial charge in [-0.05, 0) is 38.7 Å². The van der Waals surface area contributed by atoms with Gasteiger partial charge in [-0.15, -0.1) is 6.58 Å². The fourth-order valence-electron chi connectivity index (χ4n) is 5.11. The molecule has 0 spiro atoms. The molecule has 0 bridgehead atoms. The number of carbonyl (C=O) groups excluding carboxylic acids is 1. The molecule has 128 valence electrons. The third kappa shape index (κ3) is 1.54. The molecule has 0 aromatic carbocycles. The molecule has 0 aromatic heterocycles. The summed E-state index contributed by atoms with van der Waals surface area (Å²) in [6, 6.07) is 0. The van der Waals surface area contributed by atoms with E-state index in [1.807, 2.05) is 45.1 Å². The van der Waals surface area contributed by atoms with Gasteiger partial charge < -0.3 is 14.9 Å². The van der Waals surface area contributed by atoms with E-state index in [9.17, 15) is 15.0 Å². The Balaban J connectivity index is 2.02. The van der Waals surface area contributed by atoms with Gasteiger partial charge in [0.15, 0.2) is 0 Å². The molecule has 1 aliphatic heterocycles. The van der Waals surface area contributed by atoms with Crippen molar-refractivity contribution in [2.24, 2.45) is 16.2 Å². The highest BCUT2D eigenvalue weighted by molar-refractivity contribution is 5.87. The number of carbonyl (C=O) groups is 1. The Labute approximate surface area is 142 Å². The minimum atomic E-state index is -1.22. The topological polar surface area (TPSA) is 66.8 Å². The molecule has 24 heavy (non-hydrogen) atoms. The first-order valence-corrected chi connectivity index (χ1v) is 8.54. The molecule has 4 nitrogen and oxygen atoms in total. The van der Waals surface area contributed by atoms with E-state index >= 15 is 0 Å². The molecule has 0 aromatic rings. The SMILES string of the molecule is C=C[C@]1(C)C=C2[C@@H](O)C3=C4[C@@](C)(CC=C[C@]4(C)[C@@]2(O)CC1)C(=O)O3. The zero-order valence-electron chi connectivity index (χ0n) is 14.4. The summed E-state index contributed by atoms with van der Waals surface area (Å²) in [6.07, 6.45) is 8.39. The van der Waals surface area contributed by atoms with Crippen LogP contribution in [0.2, 0.25) is 0 Å². The number of hydrogen-bond acceptors (Lipinski definition) is 4. The first kappa shape index (κ1) is 15.9. The summed E-state index contributed by atoms with van der Waals surface area (Å²) in [7, 11) is 0. The van der Waals surface area contributed by atoms with E-state index in [0.29, 0.717) is 24.2 Å². The van der Waals surface area contributed by atoms with Gasteiger partial charge in [0.25, 0.3) is 0 Å². The Hall–Kier alpha value is -1.65. The average molecular weight is 328 g/mol. The summed E-state index contributed by atoms with van der Waals surface area (Å²) in [4.78, 5) is 12.5. The van der Waals surface area contributed by atoms with Crippen molar-refractivity contribution in [2.45, 2.75) is 51.7 Å². The van der Waals surface area contributed by atoms with E-state index in [-0.39, 0.29) is 11.4 Å². The van der Waals surface area contributed by atoms with Crippen LogP contribution in [0, 0.1) is 16.2 Å². The van der Waals surface area contributed by atoms with Gasteiger partial charge in [-0.1, -0.05) is 31.2 Å². The fourth-order valence-corrected chi connectivity index (χ4v) is 5.11. The highest BCUT2D eigenvalue weighted by Crippen LogP contribution is 2.65. The molecule has 0 unspecified atom stereocenters. The van der Waals surface area contributed by atoms with Crippen LogP contribution in [-0.4, -0.2) is 27.9 Å². The van der Waals surface area contributed by atoms with Crippen molar-refractivity contribution < 1.29 is 19.7 Å². The first-order valence-electron chi connectivity index (χ1n) is 8.54. The first-order chi connectivity index (χ1) is 11.1. The second kappa shape index (κ2) is 4.30. The predicted octanol–water partition coefficient (Wildman–Crippen LogP) is 2.79. The third-order valence-electron chi connectivity index (χ3n) is 6.80. The van der Waals surface area contributed by atoms with Crippen LogP contribution in [-0.2, 0) is 9.53 Å². The Morgan fingerprint density at radius 2 is 2.04 bits per heavy atom. The van der Waals surface area contributed by atoms with E-state index in [1.54, 1.807) is 0 Å². The smallest absolute Gasteiger partial charge is 0.321 e. The molecule has 0 saturated carbocycles. The highest BCUT2D eigenvalue weighted by atomic mass is 16.6. The zero-order valence-corrected chi connectivity index (χ0v) is 14.4. The van der Waals surface area contributed by atoms with Crippen LogP contribution in [0.4, 0.5) is 0 Å². The fraction of sp³-hybridized carbons (Fsp3) is 0.550. The Morgan fingerprint density at radius 3 is 2.71 bits per heavy atom. The molecule has 3 aliphatic carbocycles. The van der Waals surface area contributed by atoms with E-state index in [2.05, 4.69) is 6.58 Å². The van der Waals surface area contributed by atoms with Crippen LogP contribution in [0.5, 0.6) is 0 Å². The molecule has 4 aliphatic rings. The minimum absolute atomic E-state index is 0.290. The van der Waals surface area contributed by atoms with E-state index in [1.165, 1.54) is 0 Å². The van der Waals surface area contributed by atoms with Gasteiger partial charge in [-0.3, -0.25) is 4.79 Å². The molecule has 0 amide bonds. The lowest BCUT2D eigenvalue weighted by Gasteiger charge is -2.56. The second-order valence-corrected chi connectivity index (χ2v) is 8.34. The van der Waals surface area contributed by atoms with Crippen LogP contribution in [0.15, 0.2) is 47.8 Å². The zero-order chi connectivity index (χ0) is 17.5. The molecule has 0 saturated heterocycles.